The molecule has 0 aromatic rings. The van der Waals surface area contributed by atoms with E-state index >= 15 is 0 Å². The van der Waals surface area contributed by atoms with E-state index in [0.29, 0.717) is 19.3 Å². The summed E-state index contributed by atoms with van der Waals surface area (Å²) in [6.45, 7) is 0. The van der Waals surface area contributed by atoms with Crippen LogP contribution in [0.3, 0.4) is 0 Å². The molecule has 0 amide bonds. The number of alkyl halides is 4. The minimum Gasteiger partial charge on any atom is -0.244 e. The Morgan fingerprint density at radius 2 is 0.929 bits per heavy atom. The molecule has 0 heterocycles. The van der Waals surface area contributed by atoms with Crippen LogP contribution in [0, 0.1) is 0 Å². The first-order valence-electron chi connectivity index (χ1n) is 5.00. The van der Waals surface area contributed by atoms with Crippen LogP contribution in [-0.2, 0) is 0 Å². The summed E-state index contributed by atoms with van der Waals surface area (Å²) in [6.07, 6.45) is 0.816. The van der Waals surface area contributed by atoms with Crippen LogP contribution in [-0.4, -0.2) is 20.4 Å². The summed E-state index contributed by atoms with van der Waals surface area (Å²) < 4.78 is 41.9. The summed E-state index contributed by atoms with van der Waals surface area (Å²) >= 11 is 2.08. The Kier molecular flexibility index (Phi) is 1.58. The van der Waals surface area contributed by atoms with Crippen molar-refractivity contribution >= 4 is 22.6 Å². The average Bonchev–Trinajstić information content (AvgIpc) is 1.67. The molecule has 0 unspecified atom stereocenters. The molecule has 0 N–H and O–H groups in total. The van der Waals surface area contributed by atoms with Crippen LogP contribution in [0.1, 0.15) is 38.5 Å². The molecule has 4 aliphatic carbocycles. The van der Waals surface area contributed by atoms with E-state index in [4.69, 9.17) is 0 Å². The molecular weight excluding hydrogens is 304 g/mol. The lowest BCUT2D eigenvalue weighted by Gasteiger charge is -2.61. The highest BCUT2D eigenvalue weighted by molar-refractivity contribution is 14.1. The smallest absolute Gasteiger partial charge is 0.118 e. The number of rotatable bonds is 0. The summed E-state index contributed by atoms with van der Waals surface area (Å²) in [5.74, 6) is 0. The van der Waals surface area contributed by atoms with Gasteiger partial charge in [0.05, 0.1) is 0 Å². The fourth-order valence-electron chi connectivity index (χ4n) is 4.16. The molecule has 0 spiro atoms. The maximum atomic E-state index is 14.1. The largest absolute Gasteiger partial charge is 0.244 e. The van der Waals surface area contributed by atoms with Crippen LogP contribution in [0.25, 0.3) is 0 Å². The van der Waals surface area contributed by atoms with Gasteiger partial charge in [-0.25, -0.2) is 13.2 Å². The molecule has 0 atom stereocenters. The number of hydrogen-bond donors (Lipinski definition) is 0. The van der Waals surface area contributed by atoms with E-state index < -0.39 is 20.4 Å². The van der Waals surface area contributed by atoms with Crippen molar-refractivity contribution in [2.24, 2.45) is 0 Å². The van der Waals surface area contributed by atoms with Crippen molar-refractivity contribution in [3.05, 3.63) is 0 Å². The van der Waals surface area contributed by atoms with Gasteiger partial charge in [-0.2, -0.15) is 0 Å². The normalized spacial score (nSPS) is 66.0. The lowest BCUT2D eigenvalue weighted by Crippen LogP contribution is -2.66. The van der Waals surface area contributed by atoms with Gasteiger partial charge in [0.25, 0.3) is 0 Å². The van der Waals surface area contributed by atoms with Crippen LogP contribution in [0.2, 0.25) is 0 Å². The van der Waals surface area contributed by atoms with Crippen LogP contribution in [0.15, 0.2) is 0 Å². The first-order chi connectivity index (χ1) is 6.24. The monoisotopic (exact) mass is 316 g/mol. The highest BCUT2D eigenvalue weighted by Gasteiger charge is 2.69. The van der Waals surface area contributed by atoms with Crippen molar-refractivity contribution in [1.82, 2.24) is 0 Å². The molecule has 4 bridgehead atoms. The van der Waals surface area contributed by atoms with E-state index in [0.717, 1.165) is 0 Å². The van der Waals surface area contributed by atoms with Crippen molar-refractivity contribution in [3.8, 4) is 0 Å². The van der Waals surface area contributed by atoms with Gasteiger partial charge in [-0.15, -0.1) is 0 Å². The minimum atomic E-state index is -1.57. The van der Waals surface area contributed by atoms with Gasteiger partial charge in [-0.3, -0.25) is 0 Å². The van der Waals surface area contributed by atoms with Gasteiger partial charge < -0.3 is 0 Å². The van der Waals surface area contributed by atoms with E-state index in [1.807, 2.05) is 0 Å². The summed E-state index contributed by atoms with van der Waals surface area (Å²) in [5, 5.41) is 0. The number of halogens is 4. The molecular formula is C10H12F3I. The standard InChI is InChI=1S/C10H12F3I/c11-7-1-8(12)3-9(13,2-7)6-10(14,4-7)5-8/h1-6H2. The Morgan fingerprint density at radius 1 is 0.643 bits per heavy atom. The predicted molar refractivity (Wildman–Crippen MR) is 56.0 cm³/mol. The van der Waals surface area contributed by atoms with E-state index in [1.54, 1.807) is 0 Å². The zero-order chi connectivity index (χ0) is 10.2. The maximum Gasteiger partial charge on any atom is 0.118 e. The van der Waals surface area contributed by atoms with Gasteiger partial charge >= 0.3 is 0 Å². The lowest BCUT2D eigenvalue weighted by molar-refractivity contribution is -0.167. The molecule has 0 nitrogen and oxygen atoms in total. The summed E-state index contributed by atoms with van der Waals surface area (Å²) in [4.78, 5) is 0. The highest BCUT2D eigenvalue weighted by atomic mass is 127. The summed E-state index contributed by atoms with van der Waals surface area (Å²) in [7, 11) is 0. The van der Waals surface area contributed by atoms with Gasteiger partial charge in [0.1, 0.15) is 17.0 Å². The highest BCUT2D eigenvalue weighted by Crippen LogP contribution is 2.67. The first-order valence-corrected chi connectivity index (χ1v) is 6.08. The fourth-order valence-corrected chi connectivity index (χ4v) is 6.21. The second-order valence-corrected chi connectivity index (χ2v) is 7.95. The van der Waals surface area contributed by atoms with Crippen molar-refractivity contribution < 1.29 is 13.2 Å². The van der Waals surface area contributed by atoms with Gasteiger partial charge in [0, 0.05) is 22.7 Å². The predicted octanol–water partition coefficient (Wildman–Crippen LogP) is 3.67. The average molecular weight is 316 g/mol. The van der Waals surface area contributed by atoms with Crippen molar-refractivity contribution in [3.63, 3.8) is 0 Å². The van der Waals surface area contributed by atoms with Gasteiger partial charge in [-0.05, 0) is 19.3 Å². The van der Waals surface area contributed by atoms with Crippen molar-refractivity contribution in [2.75, 3.05) is 0 Å². The van der Waals surface area contributed by atoms with E-state index in [2.05, 4.69) is 22.6 Å². The zero-order valence-electron chi connectivity index (χ0n) is 7.75. The SMILES string of the molecule is FC12CC3(F)CC(F)(C1)CC(I)(C2)C3. The molecule has 0 radical (unpaired) electrons. The van der Waals surface area contributed by atoms with Crippen molar-refractivity contribution in [2.45, 2.75) is 59.0 Å². The molecule has 80 valence electrons. The Balaban J connectivity index is 2.08. The second-order valence-electron chi connectivity index (χ2n) is 5.66. The Morgan fingerprint density at radius 3 is 1.14 bits per heavy atom. The van der Waals surface area contributed by atoms with Crippen LogP contribution in [0.4, 0.5) is 13.2 Å². The third-order valence-electron chi connectivity index (χ3n) is 3.80. The van der Waals surface area contributed by atoms with Crippen molar-refractivity contribution in [1.29, 1.82) is 0 Å². The van der Waals surface area contributed by atoms with Gasteiger partial charge in [0.15, 0.2) is 0 Å². The topological polar surface area (TPSA) is 0 Å². The lowest BCUT2D eigenvalue weighted by atomic mass is 9.52. The Bertz CT molecular complexity index is 208. The third-order valence-corrected chi connectivity index (χ3v) is 4.95. The first kappa shape index (κ1) is 9.73. The molecule has 4 saturated carbocycles. The zero-order valence-corrected chi connectivity index (χ0v) is 9.91. The molecule has 4 heteroatoms. The molecule has 14 heavy (non-hydrogen) atoms. The molecule has 0 saturated heterocycles. The van der Waals surface area contributed by atoms with Gasteiger partial charge in [0.2, 0.25) is 0 Å². The van der Waals surface area contributed by atoms with Crippen LogP contribution in [0.5, 0.6) is 0 Å². The van der Waals surface area contributed by atoms with Gasteiger partial charge in [-0.1, -0.05) is 22.6 Å². The molecule has 0 aromatic heterocycles. The van der Waals surface area contributed by atoms with Crippen LogP contribution >= 0.6 is 22.6 Å². The van der Waals surface area contributed by atoms with E-state index in [1.165, 1.54) is 0 Å². The minimum absolute atomic E-state index is 0.0730. The summed E-state index contributed by atoms with van der Waals surface area (Å²) in [6, 6.07) is 0. The van der Waals surface area contributed by atoms with Crippen LogP contribution < -0.4 is 0 Å². The Hall–Kier alpha value is 0.520. The maximum absolute atomic E-state index is 14.1. The molecule has 4 aliphatic rings. The summed E-state index contributed by atoms with van der Waals surface area (Å²) in [5.41, 5.74) is -4.71. The third kappa shape index (κ3) is 1.25. The quantitative estimate of drug-likeness (QED) is 0.472. The molecule has 4 rings (SSSR count). The molecule has 4 fully saturated rings. The second kappa shape index (κ2) is 2.28. The molecule has 0 aromatic carbocycles. The van der Waals surface area contributed by atoms with E-state index in [9.17, 15) is 13.2 Å². The fraction of sp³-hybridized carbons (Fsp3) is 1.00. The molecule has 0 aliphatic heterocycles. The van der Waals surface area contributed by atoms with E-state index in [-0.39, 0.29) is 19.3 Å². The number of hydrogen-bond acceptors (Lipinski definition) is 0. The Labute approximate surface area is 94.8 Å².